The standard InChI is InChI=1S/C11H12BrN3/c1-7-10(6-13)11(15-14-7)8-3-2-4-9(12)5-8/h2-5H,6,13H2,1H3,(H,14,15). The van der Waals surface area contributed by atoms with Crippen LogP contribution >= 0.6 is 15.9 Å². The molecule has 0 saturated heterocycles. The zero-order chi connectivity index (χ0) is 10.8. The van der Waals surface area contributed by atoms with Crippen molar-refractivity contribution in [2.45, 2.75) is 13.5 Å². The molecule has 0 unspecified atom stereocenters. The number of rotatable bonds is 2. The molecule has 4 heteroatoms. The van der Waals surface area contributed by atoms with Crippen molar-refractivity contribution in [1.29, 1.82) is 0 Å². The van der Waals surface area contributed by atoms with Crippen molar-refractivity contribution in [3.8, 4) is 11.3 Å². The van der Waals surface area contributed by atoms with E-state index in [-0.39, 0.29) is 0 Å². The summed E-state index contributed by atoms with van der Waals surface area (Å²) in [5, 5.41) is 7.23. The number of nitrogens with zero attached hydrogens (tertiary/aromatic N) is 1. The van der Waals surface area contributed by atoms with Gasteiger partial charge in [0.05, 0.1) is 5.69 Å². The first-order valence-corrected chi connectivity index (χ1v) is 5.51. The molecule has 78 valence electrons. The van der Waals surface area contributed by atoms with Crippen molar-refractivity contribution in [3.05, 3.63) is 40.0 Å². The molecule has 15 heavy (non-hydrogen) atoms. The zero-order valence-electron chi connectivity index (χ0n) is 8.42. The quantitative estimate of drug-likeness (QED) is 0.877. The van der Waals surface area contributed by atoms with E-state index in [1.807, 2.05) is 31.2 Å². The van der Waals surface area contributed by atoms with Gasteiger partial charge in [-0.3, -0.25) is 5.10 Å². The van der Waals surface area contributed by atoms with Crippen LogP contribution in [0.2, 0.25) is 0 Å². The number of nitrogens with two attached hydrogens (primary N) is 1. The fraction of sp³-hybridized carbons (Fsp3) is 0.182. The molecule has 2 aromatic rings. The molecule has 1 heterocycles. The molecule has 0 aliphatic carbocycles. The largest absolute Gasteiger partial charge is 0.326 e. The highest BCUT2D eigenvalue weighted by atomic mass is 79.9. The molecule has 0 spiro atoms. The van der Waals surface area contributed by atoms with Gasteiger partial charge < -0.3 is 5.73 Å². The average Bonchev–Trinajstić information content (AvgIpc) is 2.59. The van der Waals surface area contributed by atoms with Gasteiger partial charge >= 0.3 is 0 Å². The number of aromatic amines is 1. The molecule has 3 nitrogen and oxygen atoms in total. The second kappa shape index (κ2) is 4.16. The Morgan fingerprint density at radius 1 is 1.47 bits per heavy atom. The normalized spacial score (nSPS) is 10.6. The number of hydrogen-bond acceptors (Lipinski definition) is 2. The molecule has 0 radical (unpaired) electrons. The molecule has 0 atom stereocenters. The Morgan fingerprint density at radius 2 is 2.27 bits per heavy atom. The van der Waals surface area contributed by atoms with Crippen LogP contribution in [-0.2, 0) is 6.54 Å². The number of halogens is 1. The SMILES string of the molecule is Cc1[nH]nc(-c2cccc(Br)c2)c1CN. The minimum absolute atomic E-state index is 0.504. The van der Waals surface area contributed by atoms with E-state index in [1.165, 1.54) is 0 Å². The molecule has 0 amide bonds. The molecule has 1 aromatic heterocycles. The molecule has 0 aliphatic rings. The van der Waals surface area contributed by atoms with Crippen LogP contribution in [0.15, 0.2) is 28.7 Å². The van der Waals surface area contributed by atoms with Crippen LogP contribution in [0.25, 0.3) is 11.3 Å². The first kappa shape index (κ1) is 10.4. The van der Waals surface area contributed by atoms with Crippen LogP contribution in [-0.4, -0.2) is 10.2 Å². The smallest absolute Gasteiger partial charge is 0.0968 e. The maximum absolute atomic E-state index is 5.70. The molecule has 1 aromatic carbocycles. The lowest BCUT2D eigenvalue weighted by Crippen LogP contribution is -1.98. The zero-order valence-corrected chi connectivity index (χ0v) is 10.0. The Balaban J connectivity index is 2.54. The molecule has 0 fully saturated rings. The van der Waals surface area contributed by atoms with Gasteiger partial charge in [0.1, 0.15) is 0 Å². The second-order valence-electron chi connectivity index (χ2n) is 3.39. The summed E-state index contributed by atoms with van der Waals surface area (Å²) in [5.41, 5.74) is 9.83. The summed E-state index contributed by atoms with van der Waals surface area (Å²) in [6.45, 7) is 2.49. The summed E-state index contributed by atoms with van der Waals surface area (Å²) in [6, 6.07) is 8.04. The second-order valence-corrected chi connectivity index (χ2v) is 4.31. The van der Waals surface area contributed by atoms with Crippen molar-refractivity contribution in [3.63, 3.8) is 0 Å². The van der Waals surface area contributed by atoms with E-state index in [0.717, 1.165) is 27.0 Å². The van der Waals surface area contributed by atoms with Crippen molar-refractivity contribution in [2.75, 3.05) is 0 Å². The number of H-pyrrole nitrogens is 1. The van der Waals surface area contributed by atoms with Gasteiger partial charge in [0.15, 0.2) is 0 Å². The fourth-order valence-corrected chi connectivity index (χ4v) is 1.98. The predicted molar refractivity (Wildman–Crippen MR) is 64.4 cm³/mol. The minimum atomic E-state index is 0.504. The first-order chi connectivity index (χ1) is 7.22. The number of nitrogens with one attached hydrogen (secondary N) is 1. The summed E-state index contributed by atoms with van der Waals surface area (Å²) in [5.74, 6) is 0. The van der Waals surface area contributed by atoms with Crippen LogP contribution in [0.1, 0.15) is 11.3 Å². The third-order valence-corrected chi connectivity index (χ3v) is 2.87. The lowest BCUT2D eigenvalue weighted by Gasteiger charge is -2.01. The Hall–Kier alpha value is -1.13. The van der Waals surface area contributed by atoms with E-state index in [0.29, 0.717) is 6.54 Å². The highest BCUT2D eigenvalue weighted by molar-refractivity contribution is 9.10. The Bertz CT molecular complexity index is 476. The van der Waals surface area contributed by atoms with E-state index >= 15 is 0 Å². The van der Waals surface area contributed by atoms with E-state index < -0.39 is 0 Å². The van der Waals surface area contributed by atoms with Crippen LogP contribution in [0.5, 0.6) is 0 Å². The summed E-state index contributed by atoms with van der Waals surface area (Å²) in [7, 11) is 0. The van der Waals surface area contributed by atoms with Crippen molar-refractivity contribution in [2.24, 2.45) is 5.73 Å². The summed E-state index contributed by atoms with van der Waals surface area (Å²) in [6.07, 6.45) is 0. The van der Waals surface area contributed by atoms with Crippen molar-refractivity contribution < 1.29 is 0 Å². The van der Waals surface area contributed by atoms with Gasteiger partial charge in [0.25, 0.3) is 0 Å². The monoisotopic (exact) mass is 265 g/mol. The molecule has 0 saturated carbocycles. The third-order valence-electron chi connectivity index (χ3n) is 2.38. The number of aromatic nitrogens is 2. The number of hydrogen-bond donors (Lipinski definition) is 2. The third kappa shape index (κ3) is 1.96. The molecular formula is C11H12BrN3. The maximum atomic E-state index is 5.70. The average molecular weight is 266 g/mol. The summed E-state index contributed by atoms with van der Waals surface area (Å²) in [4.78, 5) is 0. The predicted octanol–water partition coefficient (Wildman–Crippen LogP) is 2.61. The Labute approximate surface area is 96.8 Å². The van der Waals surface area contributed by atoms with Crippen LogP contribution < -0.4 is 5.73 Å². The highest BCUT2D eigenvalue weighted by Crippen LogP contribution is 2.25. The molecule has 0 bridgehead atoms. The molecule has 2 rings (SSSR count). The lowest BCUT2D eigenvalue weighted by molar-refractivity contribution is 1.03. The highest BCUT2D eigenvalue weighted by Gasteiger charge is 2.10. The maximum Gasteiger partial charge on any atom is 0.0968 e. The van der Waals surface area contributed by atoms with Gasteiger partial charge in [-0.1, -0.05) is 28.1 Å². The van der Waals surface area contributed by atoms with Crippen molar-refractivity contribution in [1.82, 2.24) is 10.2 Å². The van der Waals surface area contributed by atoms with Crippen molar-refractivity contribution >= 4 is 15.9 Å². The first-order valence-electron chi connectivity index (χ1n) is 4.72. The van der Waals surface area contributed by atoms with Crippen LogP contribution in [0, 0.1) is 6.92 Å². The van der Waals surface area contributed by atoms with Gasteiger partial charge in [-0.2, -0.15) is 5.10 Å². The van der Waals surface area contributed by atoms with Gasteiger partial charge in [0, 0.05) is 27.8 Å². The minimum Gasteiger partial charge on any atom is -0.326 e. The van der Waals surface area contributed by atoms with Gasteiger partial charge in [-0.25, -0.2) is 0 Å². The topological polar surface area (TPSA) is 54.7 Å². The van der Waals surface area contributed by atoms with Gasteiger partial charge in [-0.05, 0) is 19.1 Å². The fourth-order valence-electron chi connectivity index (χ4n) is 1.58. The van der Waals surface area contributed by atoms with Gasteiger partial charge in [-0.15, -0.1) is 0 Å². The summed E-state index contributed by atoms with van der Waals surface area (Å²) >= 11 is 3.44. The van der Waals surface area contributed by atoms with E-state index in [9.17, 15) is 0 Å². The number of benzene rings is 1. The lowest BCUT2D eigenvalue weighted by atomic mass is 10.1. The molecule has 3 N–H and O–H groups in total. The van der Waals surface area contributed by atoms with E-state index in [2.05, 4.69) is 26.1 Å². The van der Waals surface area contributed by atoms with Crippen LogP contribution in [0.3, 0.4) is 0 Å². The Kier molecular flexibility index (Phi) is 2.88. The molecular weight excluding hydrogens is 254 g/mol. The van der Waals surface area contributed by atoms with E-state index in [1.54, 1.807) is 0 Å². The Morgan fingerprint density at radius 3 is 2.93 bits per heavy atom. The van der Waals surface area contributed by atoms with Crippen LogP contribution in [0.4, 0.5) is 0 Å². The molecule has 0 aliphatic heterocycles. The number of aryl methyl sites for hydroxylation is 1. The summed E-state index contributed by atoms with van der Waals surface area (Å²) < 4.78 is 1.05. The van der Waals surface area contributed by atoms with E-state index in [4.69, 9.17) is 5.73 Å². The van der Waals surface area contributed by atoms with Gasteiger partial charge in [0.2, 0.25) is 0 Å².